The maximum atomic E-state index is 3.56. The number of hydrogen-bond donors (Lipinski definition) is 1. The van der Waals surface area contributed by atoms with Gasteiger partial charge in [-0.3, -0.25) is 0 Å². The van der Waals surface area contributed by atoms with Crippen LogP contribution in [-0.2, 0) is 6.42 Å². The zero-order chi connectivity index (χ0) is 13.2. The number of halogens is 1. The van der Waals surface area contributed by atoms with E-state index in [1.165, 1.54) is 29.4 Å². The quantitative estimate of drug-likeness (QED) is 0.879. The molecule has 2 unspecified atom stereocenters. The van der Waals surface area contributed by atoms with E-state index in [9.17, 15) is 0 Å². The predicted molar refractivity (Wildman–Crippen MR) is 81.8 cm³/mol. The van der Waals surface area contributed by atoms with E-state index < -0.39 is 0 Å². The first-order valence-corrected chi connectivity index (χ1v) is 7.76. The number of hydrogen-bond acceptors (Lipinski definition) is 1. The second-order valence-corrected chi connectivity index (χ2v) is 7.18. The molecule has 0 aliphatic carbocycles. The Morgan fingerprint density at radius 3 is 2.61 bits per heavy atom. The zero-order valence-corrected chi connectivity index (χ0v) is 13.3. The largest absolute Gasteiger partial charge is 0.316 e. The van der Waals surface area contributed by atoms with Crippen LogP contribution in [0, 0.1) is 17.3 Å². The second-order valence-electron chi connectivity index (χ2n) is 6.26. The molecule has 2 rings (SSSR count). The van der Waals surface area contributed by atoms with E-state index in [4.69, 9.17) is 0 Å². The SMILES string of the molecule is CC(C)C1CNCCC1(C)Cc1ccc(Br)cc1. The lowest BCUT2D eigenvalue weighted by molar-refractivity contribution is 0.0902. The van der Waals surface area contributed by atoms with E-state index >= 15 is 0 Å². The lowest BCUT2D eigenvalue weighted by Gasteiger charge is -2.44. The van der Waals surface area contributed by atoms with Gasteiger partial charge < -0.3 is 5.32 Å². The van der Waals surface area contributed by atoms with E-state index in [1.807, 2.05) is 0 Å². The first-order valence-electron chi connectivity index (χ1n) is 6.96. The van der Waals surface area contributed by atoms with Crippen molar-refractivity contribution in [3.05, 3.63) is 34.3 Å². The van der Waals surface area contributed by atoms with Crippen molar-refractivity contribution in [1.82, 2.24) is 5.32 Å². The Balaban J connectivity index is 2.15. The van der Waals surface area contributed by atoms with Crippen molar-refractivity contribution in [2.75, 3.05) is 13.1 Å². The molecule has 18 heavy (non-hydrogen) atoms. The summed E-state index contributed by atoms with van der Waals surface area (Å²) in [7, 11) is 0. The molecule has 1 aromatic rings. The summed E-state index contributed by atoms with van der Waals surface area (Å²) in [5, 5.41) is 3.56. The van der Waals surface area contributed by atoms with Crippen molar-refractivity contribution in [1.29, 1.82) is 0 Å². The molecular weight excluding hydrogens is 286 g/mol. The number of piperidine rings is 1. The fourth-order valence-electron chi connectivity index (χ4n) is 3.39. The van der Waals surface area contributed by atoms with Gasteiger partial charge in [0, 0.05) is 4.47 Å². The fourth-order valence-corrected chi connectivity index (χ4v) is 3.66. The summed E-state index contributed by atoms with van der Waals surface area (Å²) < 4.78 is 1.17. The Hall–Kier alpha value is -0.340. The molecule has 1 fully saturated rings. The smallest absolute Gasteiger partial charge is 0.0175 e. The summed E-state index contributed by atoms with van der Waals surface area (Å²) in [6.07, 6.45) is 2.48. The predicted octanol–water partition coefficient (Wildman–Crippen LogP) is 4.26. The topological polar surface area (TPSA) is 12.0 Å². The standard InChI is InChI=1S/C16H24BrN/c1-12(2)15-11-18-9-8-16(15,3)10-13-4-6-14(17)7-5-13/h4-7,12,15,18H,8-11H2,1-3H3. The van der Waals surface area contributed by atoms with E-state index in [0.717, 1.165) is 18.4 Å². The van der Waals surface area contributed by atoms with Gasteiger partial charge in [-0.15, -0.1) is 0 Å². The average molecular weight is 310 g/mol. The Labute approximate surface area is 119 Å². The van der Waals surface area contributed by atoms with Crippen molar-refractivity contribution in [3.63, 3.8) is 0 Å². The van der Waals surface area contributed by atoms with E-state index in [2.05, 4.69) is 66.3 Å². The van der Waals surface area contributed by atoms with Crippen LogP contribution in [0.3, 0.4) is 0 Å². The van der Waals surface area contributed by atoms with Crippen molar-refractivity contribution >= 4 is 15.9 Å². The van der Waals surface area contributed by atoms with Crippen LogP contribution in [0.25, 0.3) is 0 Å². The maximum Gasteiger partial charge on any atom is 0.0175 e. The molecule has 0 bridgehead atoms. The Morgan fingerprint density at radius 2 is 2.00 bits per heavy atom. The lowest BCUT2D eigenvalue weighted by Crippen LogP contribution is -2.46. The molecule has 1 aromatic carbocycles. The normalized spacial score (nSPS) is 28.6. The molecule has 1 aliphatic rings. The molecule has 0 amide bonds. The monoisotopic (exact) mass is 309 g/mol. The highest BCUT2D eigenvalue weighted by Crippen LogP contribution is 2.40. The van der Waals surface area contributed by atoms with Crippen molar-refractivity contribution in [2.24, 2.45) is 17.3 Å². The molecule has 2 heteroatoms. The van der Waals surface area contributed by atoms with E-state index in [0.29, 0.717) is 5.41 Å². The van der Waals surface area contributed by atoms with Gasteiger partial charge in [0.15, 0.2) is 0 Å². The highest BCUT2D eigenvalue weighted by molar-refractivity contribution is 9.10. The minimum Gasteiger partial charge on any atom is -0.316 e. The Kier molecular flexibility index (Phi) is 4.50. The van der Waals surface area contributed by atoms with Crippen molar-refractivity contribution < 1.29 is 0 Å². The van der Waals surface area contributed by atoms with Crippen LogP contribution in [0.4, 0.5) is 0 Å². The second kappa shape index (κ2) is 5.75. The van der Waals surface area contributed by atoms with Gasteiger partial charge in [0.25, 0.3) is 0 Å². The van der Waals surface area contributed by atoms with Crippen molar-refractivity contribution in [2.45, 2.75) is 33.6 Å². The van der Waals surface area contributed by atoms with Gasteiger partial charge in [-0.05, 0) is 60.9 Å². The molecule has 0 aromatic heterocycles. The maximum absolute atomic E-state index is 3.56. The van der Waals surface area contributed by atoms with Crippen LogP contribution in [0.2, 0.25) is 0 Å². The van der Waals surface area contributed by atoms with Crippen LogP contribution in [-0.4, -0.2) is 13.1 Å². The Bertz CT molecular complexity index is 385. The minimum absolute atomic E-state index is 0.438. The Morgan fingerprint density at radius 1 is 1.33 bits per heavy atom. The first-order chi connectivity index (χ1) is 8.51. The van der Waals surface area contributed by atoms with Crippen LogP contribution < -0.4 is 5.32 Å². The van der Waals surface area contributed by atoms with Gasteiger partial charge in [-0.2, -0.15) is 0 Å². The zero-order valence-electron chi connectivity index (χ0n) is 11.7. The van der Waals surface area contributed by atoms with E-state index in [-0.39, 0.29) is 0 Å². The molecule has 1 N–H and O–H groups in total. The third-order valence-corrected chi connectivity index (χ3v) is 4.99. The average Bonchev–Trinajstić information content (AvgIpc) is 2.32. The highest BCUT2D eigenvalue weighted by Gasteiger charge is 2.37. The van der Waals surface area contributed by atoms with Crippen LogP contribution >= 0.6 is 15.9 Å². The summed E-state index contributed by atoms with van der Waals surface area (Å²) in [6.45, 7) is 9.52. The van der Waals surface area contributed by atoms with Gasteiger partial charge >= 0.3 is 0 Å². The van der Waals surface area contributed by atoms with Gasteiger partial charge in [0.05, 0.1) is 0 Å². The molecular formula is C16H24BrN. The third-order valence-electron chi connectivity index (χ3n) is 4.46. The molecule has 0 radical (unpaired) electrons. The first kappa shape index (κ1) is 14.1. The van der Waals surface area contributed by atoms with Gasteiger partial charge in [0.2, 0.25) is 0 Å². The molecule has 1 saturated heterocycles. The summed E-state index contributed by atoms with van der Waals surface area (Å²) in [4.78, 5) is 0. The molecule has 0 spiro atoms. The summed E-state index contributed by atoms with van der Waals surface area (Å²) >= 11 is 3.51. The summed E-state index contributed by atoms with van der Waals surface area (Å²) in [5.41, 5.74) is 1.90. The van der Waals surface area contributed by atoms with Crippen molar-refractivity contribution in [3.8, 4) is 0 Å². The van der Waals surface area contributed by atoms with Gasteiger partial charge in [0.1, 0.15) is 0 Å². The number of rotatable bonds is 3. The minimum atomic E-state index is 0.438. The third kappa shape index (κ3) is 3.16. The molecule has 1 heterocycles. The van der Waals surface area contributed by atoms with Gasteiger partial charge in [-0.1, -0.05) is 48.8 Å². The highest BCUT2D eigenvalue weighted by atomic mass is 79.9. The fraction of sp³-hybridized carbons (Fsp3) is 0.625. The number of nitrogens with one attached hydrogen (secondary N) is 1. The van der Waals surface area contributed by atoms with Crippen LogP contribution in [0.15, 0.2) is 28.7 Å². The molecule has 100 valence electrons. The molecule has 2 atom stereocenters. The summed E-state index contributed by atoms with van der Waals surface area (Å²) in [6, 6.07) is 8.83. The lowest BCUT2D eigenvalue weighted by atomic mass is 9.65. The van der Waals surface area contributed by atoms with Gasteiger partial charge in [-0.25, -0.2) is 0 Å². The van der Waals surface area contributed by atoms with Crippen LogP contribution in [0.5, 0.6) is 0 Å². The molecule has 1 aliphatic heterocycles. The summed E-state index contributed by atoms with van der Waals surface area (Å²) in [5.74, 6) is 1.52. The molecule has 1 nitrogen and oxygen atoms in total. The molecule has 0 saturated carbocycles. The van der Waals surface area contributed by atoms with Crippen LogP contribution in [0.1, 0.15) is 32.8 Å². The number of benzene rings is 1. The van der Waals surface area contributed by atoms with E-state index in [1.54, 1.807) is 0 Å².